The van der Waals surface area contributed by atoms with Crippen LogP contribution in [-0.2, 0) is 0 Å². The van der Waals surface area contributed by atoms with Crippen molar-refractivity contribution in [2.75, 3.05) is 6.61 Å². The minimum absolute atomic E-state index is 0.0875. The van der Waals surface area contributed by atoms with Crippen LogP contribution in [0, 0.1) is 23.7 Å². The molecule has 4 aliphatic rings. The van der Waals surface area contributed by atoms with E-state index >= 15 is 0 Å². The molecule has 5 rings (SSSR count). The molecule has 0 aromatic heterocycles. The zero-order valence-corrected chi connectivity index (χ0v) is 14.0. The van der Waals surface area contributed by atoms with E-state index in [1.807, 2.05) is 24.3 Å². The third-order valence-corrected chi connectivity index (χ3v) is 6.11. The lowest BCUT2D eigenvalue weighted by molar-refractivity contribution is -0.0119. The van der Waals surface area contributed by atoms with Crippen LogP contribution < -0.4 is 10.1 Å². The molecule has 0 radical (unpaired) electrons. The third kappa shape index (κ3) is 2.98. The molecule has 1 aromatic rings. The second-order valence-corrected chi connectivity index (χ2v) is 7.80. The van der Waals surface area contributed by atoms with E-state index in [4.69, 9.17) is 4.74 Å². The Morgan fingerprint density at radius 1 is 1.04 bits per heavy atom. The van der Waals surface area contributed by atoms with Gasteiger partial charge in [-0.15, -0.1) is 0 Å². The quantitative estimate of drug-likeness (QED) is 0.891. The van der Waals surface area contributed by atoms with Gasteiger partial charge in [-0.05, 0) is 86.5 Å². The summed E-state index contributed by atoms with van der Waals surface area (Å²) in [4.78, 5) is 12.6. The second kappa shape index (κ2) is 6.18. The Labute approximate surface area is 138 Å². The maximum atomic E-state index is 12.6. The first-order valence-corrected chi connectivity index (χ1v) is 9.26. The number of carbonyl (C=O) groups excluding carboxylic acids is 1. The van der Waals surface area contributed by atoms with Crippen LogP contribution in [0.4, 0.5) is 0 Å². The molecule has 1 aromatic carbocycles. The van der Waals surface area contributed by atoms with Crippen molar-refractivity contribution in [3.63, 3.8) is 0 Å². The van der Waals surface area contributed by atoms with Crippen molar-refractivity contribution < 1.29 is 9.53 Å². The lowest BCUT2D eigenvalue weighted by Crippen LogP contribution is -2.55. The number of rotatable bonds is 5. The van der Waals surface area contributed by atoms with Gasteiger partial charge in [-0.3, -0.25) is 4.79 Å². The summed E-state index contributed by atoms with van der Waals surface area (Å²) < 4.78 is 5.59. The number of hydrogen-bond acceptors (Lipinski definition) is 2. The van der Waals surface area contributed by atoms with Crippen molar-refractivity contribution in [2.45, 2.75) is 51.5 Å². The summed E-state index contributed by atoms with van der Waals surface area (Å²) in [5.74, 6) is 4.27. The molecule has 1 N–H and O–H groups in total. The van der Waals surface area contributed by atoms with Crippen LogP contribution in [0.25, 0.3) is 0 Å². The van der Waals surface area contributed by atoms with Crippen LogP contribution in [0.15, 0.2) is 24.3 Å². The Bertz CT molecular complexity index is 538. The van der Waals surface area contributed by atoms with Gasteiger partial charge in [0.25, 0.3) is 5.91 Å². The largest absolute Gasteiger partial charge is 0.494 e. The molecular formula is C20H27NO2. The second-order valence-electron chi connectivity index (χ2n) is 7.80. The zero-order chi connectivity index (χ0) is 15.8. The van der Waals surface area contributed by atoms with Gasteiger partial charge in [0.05, 0.1) is 6.61 Å². The minimum atomic E-state index is 0.0875. The fraction of sp³-hybridized carbons (Fsp3) is 0.650. The molecule has 0 unspecified atom stereocenters. The van der Waals surface area contributed by atoms with E-state index in [1.54, 1.807) is 0 Å². The van der Waals surface area contributed by atoms with Crippen LogP contribution in [-0.4, -0.2) is 18.6 Å². The van der Waals surface area contributed by atoms with Gasteiger partial charge >= 0.3 is 0 Å². The van der Waals surface area contributed by atoms with Gasteiger partial charge in [-0.2, -0.15) is 0 Å². The van der Waals surface area contributed by atoms with Gasteiger partial charge in [-0.25, -0.2) is 0 Å². The summed E-state index contributed by atoms with van der Waals surface area (Å²) in [6, 6.07) is 7.99. The molecule has 3 nitrogen and oxygen atoms in total. The Morgan fingerprint density at radius 2 is 1.65 bits per heavy atom. The van der Waals surface area contributed by atoms with E-state index in [-0.39, 0.29) is 5.91 Å². The van der Waals surface area contributed by atoms with Crippen LogP contribution in [0.3, 0.4) is 0 Å². The highest BCUT2D eigenvalue weighted by atomic mass is 16.5. The van der Waals surface area contributed by atoms with Gasteiger partial charge in [0.15, 0.2) is 0 Å². The molecule has 23 heavy (non-hydrogen) atoms. The Hall–Kier alpha value is -1.51. The summed E-state index contributed by atoms with van der Waals surface area (Å²) in [7, 11) is 0. The molecule has 4 aliphatic carbocycles. The van der Waals surface area contributed by atoms with Crippen molar-refractivity contribution in [1.82, 2.24) is 5.32 Å². The van der Waals surface area contributed by atoms with E-state index < -0.39 is 0 Å². The van der Waals surface area contributed by atoms with Gasteiger partial charge in [0, 0.05) is 11.6 Å². The highest BCUT2D eigenvalue weighted by molar-refractivity contribution is 5.94. The Balaban J connectivity index is 1.40. The molecule has 4 bridgehead atoms. The monoisotopic (exact) mass is 313 g/mol. The first-order chi connectivity index (χ1) is 11.2. The van der Waals surface area contributed by atoms with Gasteiger partial charge < -0.3 is 10.1 Å². The summed E-state index contributed by atoms with van der Waals surface area (Å²) >= 11 is 0. The smallest absolute Gasteiger partial charge is 0.251 e. The van der Waals surface area contributed by atoms with Gasteiger partial charge in [0.1, 0.15) is 5.75 Å². The molecule has 0 heterocycles. The van der Waals surface area contributed by atoms with E-state index in [1.165, 1.54) is 32.1 Å². The van der Waals surface area contributed by atoms with Gasteiger partial charge in [-0.1, -0.05) is 6.92 Å². The van der Waals surface area contributed by atoms with Crippen LogP contribution in [0.2, 0.25) is 0 Å². The summed E-state index contributed by atoms with van der Waals surface area (Å²) in [5.41, 5.74) is 0.752. The number of hydrogen-bond donors (Lipinski definition) is 1. The molecular weight excluding hydrogens is 286 g/mol. The highest BCUT2D eigenvalue weighted by Crippen LogP contribution is 2.53. The van der Waals surface area contributed by atoms with Crippen molar-refractivity contribution in [3.8, 4) is 5.75 Å². The van der Waals surface area contributed by atoms with Crippen molar-refractivity contribution in [3.05, 3.63) is 29.8 Å². The van der Waals surface area contributed by atoms with Crippen molar-refractivity contribution >= 4 is 5.91 Å². The number of amides is 1. The van der Waals surface area contributed by atoms with Crippen LogP contribution >= 0.6 is 0 Å². The van der Waals surface area contributed by atoms with Crippen molar-refractivity contribution in [1.29, 1.82) is 0 Å². The molecule has 0 saturated heterocycles. The number of nitrogens with one attached hydrogen (secondary N) is 1. The maximum absolute atomic E-state index is 12.6. The topological polar surface area (TPSA) is 38.3 Å². The fourth-order valence-corrected chi connectivity index (χ4v) is 5.32. The molecule has 4 saturated carbocycles. The molecule has 0 atom stereocenters. The number of ether oxygens (including phenoxy) is 1. The normalized spacial score (nSPS) is 34.4. The van der Waals surface area contributed by atoms with Crippen LogP contribution in [0.1, 0.15) is 55.8 Å². The zero-order valence-electron chi connectivity index (χ0n) is 14.0. The van der Waals surface area contributed by atoms with E-state index in [2.05, 4.69) is 12.2 Å². The lowest BCUT2D eigenvalue weighted by Gasteiger charge is -2.54. The van der Waals surface area contributed by atoms with Crippen LogP contribution in [0.5, 0.6) is 5.75 Å². The average molecular weight is 313 g/mol. The summed E-state index contributed by atoms with van der Waals surface area (Å²) in [6.45, 7) is 2.81. The molecule has 0 aliphatic heterocycles. The molecule has 4 fully saturated rings. The SMILES string of the molecule is CCCOc1ccc(C(=O)NC2C3CC4CC(C3)CC2C4)cc1. The molecule has 3 heteroatoms. The maximum Gasteiger partial charge on any atom is 0.251 e. The van der Waals surface area contributed by atoms with E-state index in [0.717, 1.165) is 48.0 Å². The molecule has 1 amide bonds. The van der Waals surface area contributed by atoms with Crippen molar-refractivity contribution in [2.24, 2.45) is 23.7 Å². The summed E-state index contributed by atoms with van der Waals surface area (Å²) in [6.07, 6.45) is 7.79. The molecule has 0 spiro atoms. The molecule has 124 valence electrons. The van der Waals surface area contributed by atoms with E-state index in [9.17, 15) is 4.79 Å². The predicted molar refractivity (Wildman–Crippen MR) is 90.5 cm³/mol. The summed E-state index contributed by atoms with van der Waals surface area (Å²) in [5, 5.41) is 3.36. The predicted octanol–water partition coefficient (Wildman–Crippen LogP) is 4.03. The Morgan fingerprint density at radius 3 is 2.22 bits per heavy atom. The standard InChI is InChI=1S/C20H27NO2/c1-2-7-23-18-5-3-15(4-6-18)20(22)21-19-16-9-13-8-14(11-16)12-17(19)10-13/h3-6,13-14,16-17,19H,2,7-12H2,1H3,(H,21,22). The highest BCUT2D eigenvalue weighted by Gasteiger charge is 2.48. The third-order valence-electron chi connectivity index (χ3n) is 6.11. The average Bonchev–Trinajstić information content (AvgIpc) is 2.56. The number of benzene rings is 1. The van der Waals surface area contributed by atoms with Gasteiger partial charge in [0.2, 0.25) is 0 Å². The Kier molecular flexibility index (Phi) is 4.04. The lowest BCUT2D eigenvalue weighted by atomic mass is 9.54. The fourth-order valence-electron chi connectivity index (χ4n) is 5.32. The minimum Gasteiger partial charge on any atom is -0.494 e. The first kappa shape index (κ1) is 15.0. The number of carbonyl (C=O) groups is 1. The first-order valence-electron chi connectivity index (χ1n) is 9.26. The van der Waals surface area contributed by atoms with E-state index in [0.29, 0.717) is 6.04 Å².